The lowest BCUT2D eigenvalue weighted by Crippen LogP contribution is -2.04. The molecule has 7 heteroatoms. The van der Waals surface area contributed by atoms with Crippen molar-refractivity contribution in [3.63, 3.8) is 0 Å². The first kappa shape index (κ1) is 20.2. The van der Waals surface area contributed by atoms with Gasteiger partial charge in [0.05, 0.1) is 7.11 Å². The Hall–Kier alpha value is -1.10. The number of aryl methyl sites for hydroxylation is 1. The van der Waals surface area contributed by atoms with E-state index in [0.717, 1.165) is 18.2 Å². The fraction of sp³-hybridized carbons (Fsp3) is 0.250. The van der Waals surface area contributed by atoms with Crippen LogP contribution in [0.3, 0.4) is 0 Å². The van der Waals surface area contributed by atoms with E-state index in [0.29, 0.717) is 0 Å². The molecule has 0 atom stereocenters. The minimum Gasteiger partial charge on any atom is -0.497 e. The largest absolute Gasteiger partial charge is 0.497 e. The lowest BCUT2D eigenvalue weighted by Gasteiger charge is -2.07. The molecule has 0 radical (unpaired) electrons. The summed E-state index contributed by atoms with van der Waals surface area (Å²) in [5, 5.41) is 3.26. The predicted molar refractivity (Wildman–Crippen MR) is 85.3 cm³/mol. The van der Waals surface area contributed by atoms with Gasteiger partial charge in [0, 0.05) is 26.0 Å². The fourth-order valence-electron chi connectivity index (χ4n) is 1.50. The lowest BCUT2D eigenvalue weighted by molar-refractivity contribution is 0.414. The number of imidazole rings is 1. The van der Waals surface area contributed by atoms with E-state index in [9.17, 15) is 0 Å². The number of anilines is 1. The molecule has 1 aromatic heterocycles. The molecule has 0 aliphatic heterocycles. The summed E-state index contributed by atoms with van der Waals surface area (Å²) in [6.45, 7) is 0.738. The molecule has 0 fully saturated rings. The topological polar surface area (TPSA) is 39.1 Å². The van der Waals surface area contributed by atoms with Crippen LogP contribution < -0.4 is 10.1 Å². The Bertz CT molecular complexity index is 477. The number of ether oxygens (including phenoxy) is 1. The van der Waals surface area contributed by atoms with Crippen molar-refractivity contribution >= 4 is 43.2 Å². The molecular formula is C12H18Cl3N3O. The van der Waals surface area contributed by atoms with Crippen molar-refractivity contribution < 1.29 is 4.74 Å². The van der Waals surface area contributed by atoms with Gasteiger partial charge in [-0.3, -0.25) is 0 Å². The summed E-state index contributed by atoms with van der Waals surface area (Å²) in [7, 11) is 3.63. The zero-order valence-corrected chi connectivity index (χ0v) is 13.1. The van der Waals surface area contributed by atoms with Gasteiger partial charge in [0.15, 0.2) is 0 Å². The van der Waals surface area contributed by atoms with E-state index in [1.165, 1.54) is 5.56 Å². The first-order chi connectivity index (χ1) is 7.79. The molecule has 0 bridgehead atoms. The summed E-state index contributed by atoms with van der Waals surface area (Å²) in [6, 6.07) is 7.98. The number of hydrogen-bond donors (Lipinski definition) is 1. The number of rotatable bonds is 4. The highest BCUT2D eigenvalue weighted by Gasteiger charge is 1.99. The third-order valence-corrected chi connectivity index (χ3v) is 2.41. The van der Waals surface area contributed by atoms with Crippen LogP contribution in [-0.4, -0.2) is 16.7 Å². The highest BCUT2D eigenvalue weighted by atomic mass is 35.5. The van der Waals surface area contributed by atoms with Gasteiger partial charge in [0.1, 0.15) is 5.75 Å². The summed E-state index contributed by atoms with van der Waals surface area (Å²) in [5.41, 5.74) is 1.17. The molecular weight excluding hydrogens is 309 g/mol. The maximum atomic E-state index is 5.17. The summed E-state index contributed by atoms with van der Waals surface area (Å²) in [5.74, 6) is 1.74. The van der Waals surface area contributed by atoms with Crippen molar-refractivity contribution in [2.75, 3.05) is 12.4 Å². The van der Waals surface area contributed by atoms with Gasteiger partial charge in [-0.05, 0) is 17.7 Å². The highest BCUT2D eigenvalue weighted by Crippen LogP contribution is 2.13. The summed E-state index contributed by atoms with van der Waals surface area (Å²) in [4.78, 5) is 4.19. The number of benzene rings is 1. The number of hydrogen-bond acceptors (Lipinski definition) is 3. The third kappa shape index (κ3) is 5.59. The molecule has 2 aromatic rings. The Morgan fingerprint density at radius 3 is 2.58 bits per heavy atom. The molecule has 0 saturated carbocycles. The molecule has 0 amide bonds. The smallest absolute Gasteiger partial charge is 0.202 e. The number of nitrogens with one attached hydrogen (secondary N) is 1. The second-order valence-corrected chi connectivity index (χ2v) is 3.57. The van der Waals surface area contributed by atoms with Crippen molar-refractivity contribution in [1.82, 2.24) is 9.55 Å². The van der Waals surface area contributed by atoms with E-state index in [-0.39, 0.29) is 37.2 Å². The molecule has 1 N–H and O–H groups in total. The number of nitrogens with zero attached hydrogens (tertiary/aromatic N) is 2. The van der Waals surface area contributed by atoms with Crippen molar-refractivity contribution in [1.29, 1.82) is 0 Å². The quantitative estimate of drug-likeness (QED) is 0.937. The second kappa shape index (κ2) is 9.78. The van der Waals surface area contributed by atoms with Crippen LogP contribution in [-0.2, 0) is 13.6 Å². The minimum absolute atomic E-state index is 0. The van der Waals surface area contributed by atoms with Crippen molar-refractivity contribution in [3.05, 3.63) is 42.2 Å². The van der Waals surface area contributed by atoms with Crippen molar-refractivity contribution in [2.24, 2.45) is 7.05 Å². The molecule has 108 valence electrons. The van der Waals surface area contributed by atoms with E-state index in [1.807, 2.05) is 36.0 Å². The molecule has 1 aromatic carbocycles. The van der Waals surface area contributed by atoms with Crippen LogP contribution in [0.5, 0.6) is 5.75 Å². The van der Waals surface area contributed by atoms with E-state index in [4.69, 9.17) is 4.74 Å². The van der Waals surface area contributed by atoms with Crippen LogP contribution >= 0.6 is 37.2 Å². The normalized spacial score (nSPS) is 8.53. The Balaban J connectivity index is 0. The zero-order valence-electron chi connectivity index (χ0n) is 10.7. The molecule has 4 nitrogen and oxygen atoms in total. The van der Waals surface area contributed by atoms with Crippen molar-refractivity contribution in [3.8, 4) is 5.75 Å². The van der Waals surface area contributed by atoms with E-state index >= 15 is 0 Å². The average Bonchev–Trinajstić information content (AvgIpc) is 2.72. The minimum atomic E-state index is 0. The number of halogens is 3. The van der Waals surface area contributed by atoms with Crippen LogP contribution in [0.2, 0.25) is 0 Å². The van der Waals surface area contributed by atoms with Gasteiger partial charge in [-0.1, -0.05) is 12.1 Å². The van der Waals surface area contributed by atoms with Gasteiger partial charge in [-0.15, -0.1) is 37.2 Å². The highest BCUT2D eigenvalue weighted by molar-refractivity contribution is 5.86. The molecule has 19 heavy (non-hydrogen) atoms. The monoisotopic (exact) mass is 325 g/mol. The molecule has 0 aliphatic carbocycles. The summed E-state index contributed by atoms with van der Waals surface area (Å²) < 4.78 is 7.11. The van der Waals surface area contributed by atoms with Crippen LogP contribution in [0.15, 0.2) is 36.7 Å². The fourth-order valence-corrected chi connectivity index (χ4v) is 1.50. The molecule has 0 unspecified atom stereocenters. The summed E-state index contributed by atoms with van der Waals surface area (Å²) in [6.07, 6.45) is 3.68. The van der Waals surface area contributed by atoms with E-state index < -0.39 is 0 Å². The first-order valence-electron chi connectivity index (χ1n) is 5.14. The lowest BCUT2D eigenvalue weighted by atomic mass is 10.2. The van der Waals surface area contributed by atoms with Crippen LogP contribution in [0.25, 0.3) is 0 Å². The molecule has 2 rings (SSSR count). The standard InChI is InChI=1S/C12H15N3O.3ClH/c1-15-7-6-13-12(15)14-9-10-4-3-5-11(8-10)16-2;;;/h3-8H,9H2,1-2H3,(H,13,14);3*1H. The van der Waals surface area contributed by atoms with Crippen molar-refractivity contribution in [2.45, 2.75) is 6.54 Å². The Morgan fingerprint density at radius 1 is 1.26 bits per heavy atom. The van der Waals surface area contributed by atoms with E-state index in [1.54, 1.807) is 13.3 Å². The van der Waals surface area contributed by atoms with Crippen LogP contribution in [0, 0.1) is 0 Å². The van der Waals surface area contributed by atoms with Gasteiger partial charge in [-0.2, -0.15) is 0 Å². The van der Waals surface area contributed by atoms with Gasteiger partial charge in [0.25, 0.3) is 0 Å². The predicted octanol–water partition coefficient (Wildman–Crippen LogP) is 3.31. The zero-order chi connectivity index (χ0) is 11.4. The maximum Gasteiger partial charge on any atom is 0.202 e. The maximum absolute atomic E-state index is 5.17. The molecule has 0 spiro atoms. The third-order valence-electron chi connectivity index (χ3n) is 2.41. The second-order valence-electron chi connectivity index (χ2n) is 3.57. The Kier molecular flexibility index (Phi) is 10.4. The average molecular weight is 327 g/mol. The Morgan fingerprint density at radius 2 is 2.00 bits per heavy atom. The first-order valence-corrected chi connectivity index (χ1v) is 5.14. The SMILES string of the molecule is COc1cccc(CNc2nccn2C)c1.Cl.Cl.Cl. The van der Waals surface area contributed by atoms with Gasteiger partial charge in [-0.25, -0.2) is 4.98 Å². The number of aromatic nitrogens is 2. The van der Waals surface area contributed by atoms with E-state index in [2.05, 4.69) is 16.4 Å². The van der Waals surface area contributed by atoms with Gasteiger partial charge < -0.3 is 14.6 Å². The van der Waals surface area contributed by atoms with Crippen LogP contribution in [0.1, 0.15) is 5.56 Å². The summed E-state index contributed by atoms with van der Waals surface area (Å²) >= 11 is 0. The van der Waals surface area contributed by atoms with Crippen LogP contribution in [0.4, 0.5) is 5.95 Å². The molecule has 0 saturated heterocycles. The Labute approximate surface area is 131 Å². The van der Waals surface area contributed by atoms with Gasteiger partial charge in [0.2, 0.25) is 5.95 Å². The molecule has 1 heterocycles. The number of methoxy groups -OCH3 is 1. The van der Waals surface area contributed by atoms with Gasteiger partial charge >= 0.3 is 0 Å². The molecule has 0 aliphatic rings.